The molecule has 0 bridgehead atoms. The highest BCUT2D eigenvalue weighted by Crippen LogP contribution is 2.31. The third-order valence-electron chi connectivity index (χ3n) is 6.44. The summed E-state index contributed by atoms with van der Waals surface area (Å²) in [6, 6.07) is 23.2. The number of benzene rings is 3. The molecule has 0 saturated heterocycles. The van der Waals surface area contributed by atoms with E-state index >= 15 is 0 Å². The van der Waals surface area contributed by atoms with E-state index in [-0.39, 0.29) is 11.5 Å². The van der Waals surface area contributed by atoms with E-state index in [9.17, 15) is 4.79 Å². The second kappa shape index (κ2) is 12.5. The normalized spacial score (nSPS) is 11.6. The summed E-state index contributed by atoms with van der Waals surface area (Å²) in [6.07, 6.45) is 0. The van der Waals surface area contributed by atoms with Crippen LogP contribution in [0.2, 0.25) is 0 Å². The zero-order chi connectivity index (χ0) is 28.1. The van der Waals surface area contributed by atoms with Crippen molar-refractivity contribution in [3.05, 3.63) is 93.8 Å². The smallest absolute Gasteiger partial charge is 0.272 e. The van der Waals surface area contributed by atoms with E-state index in [0.29, 0.717) is 27.8 Å². The van der Waals surface area contributed by atoms with Crippen LogP contribution < -0.4 is 20.6 Å². The maximum Gasteiger partial charge on any atom is 0.272 e. The summed E-state index contributed by atoms with van der Waals surface area (Å²) in [6.45, 7) is 8.59. The summed E-state index contributed by atoms with van der Waals surface area (Å²) >= 11 is 4.93. The molecule has 0 fully saturated rings. The van der Waals surface area contributed by atoms with Crippen molar-refractivity contribution in [3.8, 4) is 27.6 Å². The van der Waals surface area contributed by atoms with Gasteiger partial charge in [0.1, 0.15) is 16.3 Å². The number of carbonyl (C=O) groups is 1. The average Bonchev–Trinajstić information content (AvgIpc) is 3.47. The SMILES string of the molecule is CCOc1ccc(-c2csc(-c3cc4ccc(N(CC)CC)cc4o/c3=N/NC(=O)c3ccccc3Br)n2)cc1. The number of nitrogens with one attached hydrogen (secondary N) is 1. The Balaban J connectivity index is 1.58. The highest BCUT2D eigenvalue weighted by atomic mass is 79.9. The Labute approximate surface area is 245 Å². The number of thiazole rings is 1. The zero-order valence-corrected chi connectivity index (χ0v) is 24.9. The van der Waals surface area contributed by atoms with Crippen LogP contribution in [0.4, 0.5) is 5.69 Å². The van der Waals surface area contributed by atoms with E-state index in [1.54, 1.807) is 12.1 Å². The predicted molar refractivity (Wildman–Crippen MR) is 165 cm³/mol. The van der Waals surface area contributed by atoms with Crippen molar-refractivity contribution < 1.29 is 13.9 Å². The van der Waals surface area contributed by atoms with Gasteiger partial charge in [0.2, 0.25) is 5.55 Å². The monoisotopic (exact) mass is 616 g/mol. The van der Waals surface area contributed by atoms with Gasteiger partial charge in [0, 0.05) is 45.6 Å². The number of carbonyl (C=O) groups excluding carboxylic acids is 1. The number of anilines is 1. The van der Waals surface area contributed by atoms with Crippen LogP contribution in [-0.2, 0) is 0 Å². The Morgan fingerprint density at radius 1 is 1.05 bits per heavy atom. The fourth-order valence-corrected chi connectivity index (χ4v) is 5.66. The molecule has 0 radical (unpaired) electrons. The molecule has 0 saturated carbocycles. The summed E-state index contributed by atoms with van der Waals surface area (Å²) in [4.78, 5) is 20.1. The number of hydrogen-bond donors (Lipinski definition) is 1. The number of fused-ring (bicyclic) bond motifs is 1. The molecule has 9 heteroatoms. The highest BCUT2D eigenvalue weighted by molar-refractivity contribution is 9.10. The quantitative estimate of drug-likeness (QED) is 0.174. The van der Waals surface area contributed by atoms with E-state index in [2.05, 4.69) is 51.3 Å². The van der Waals surface area contributed by atoms with Gasteiger partial charge in [-0.25, -0.2) is 10.4 Å². The molecular weight excluding hydrogens is 588 g/mol. The topological polar surface area (TPSA) is 80.0 Å². The second-order valence-corrected chi connectivity index (χ2v) is 10.6. The van der Waals surface area contributed by atoms with Crippen molar-refractivity contribution in [2.45, 2.75) is 20.8 Å². The van der Waals surface area contributed by atoms with Crippen molar-refractivity contribution in [1.82, 2.24) is 10.4 Å². The van der Waals surface area contributed by atoms with Crippen LogP contribution in [0, 0.1) is 0 Å². The van der Waals surface area contributed by atoms with Crippen LogP contribution >= 0.6 is 27.3 Å². The van der Waals surface area contributed by atoms with Gasteiger partial charge >= 0.3 is 0 Å². The lowest BCUT2D eigenvalue weighted by Gasteiger charge is -2.21. The van der Waals surface area contributed by atoms with Crippen LogP contribution in [-0.4, -0.2) is 30.6 Å². The molecule has 5 rings (SSSR count). The van der Waals surface area contributed by atoms with Crippen molar-refractivity contribution >= 4 is 49.8 Å². The Kier molecular flexibility index (Phi) is 8.62. The fourth-order valence-electron chi connectivity index (χ4n) is 4.35. The molecule has 0 aliphatic rings. The molecule has 0 aliphatic heterocycles. The highest BCUT2D eigenvalue weighted by Gasteiger charge is 2.15. The van der Waals surface area contributed by atoms with E-state index in [4.69, 9.17) is 14.1 Å². The first-order chi connectivity index (χ1) is 19.5. The molecule has 0 atom stereocenters. The van der Waals surface area contributed by atoms with Crippen LogP contribution in [0.5, 0.6) is 5.75 Å². The molecule has 2 heterocycles. The van der Waals surface area contributed by atoms with Gasteiger partial charge in [0.25, 0.3) is 5.91 Å². The molecule has 7 nitrogen and oxygen atoms in total. The molecule has 0 unspecified atom stereocenters. The lowest BCUT2D eigenvalue weighted by atomic mass is 10.1. The third-order valence-corrected chi connectivity index (χ3v) is 8.00. The standard InChI is InChI=1S/C31H29BrN4O3S/c1-4-36(5-2)22-14-11-21-17-25(31-33-27(19-40-31)20-12-15-23(16-13-20)38-6-3)30(39-28(21)18-22)35-34-29(37)24-9-7-8-10-26(24)32/h7-19H,4-6H2,1-3H3,(H,34,37)/b35-30+. The number of amides is 1. The fraction of sp³-hybridized carbons (Fsp3) is 0.194. The molecule has 1 amide bonds. The second-order valence-electron chi connectivity index (χ2n) is 8.89. The minimum atomic E-state index is -0.347. The van der Waals surface area contributed by atoms with Gasteiger partial charge in [-0.1, -0.05) is 12.1 Å². The van der Waals surface area contributed by atoms with E-state index in [1.807, 2.05) is 66.9 Å². The molecule has 5 aromatic rings. The van der Waals surface area contributed by atoms with Crippen molar-refractivity contribution in [1.29, 1.82) is 0 Å². The summed E-state index contributed by atoms with van der Waals surface area (Å²) in [5, 5.41) is 8.08. The van der Waals surface area contributed by atoms with E-state index in [1.165, 1.54) is 11.3 Å². The van der Waals surface area contributed by atoms with Gasteiger partial charge in [0.15, 0.2) is 0 Å². The van der Waals surface area contributed by atoms with Crippen LogP contribution in [0.3, 0.4) is 0 Å². The molecule has 3 aromatic carbocycles. The molecule has 2 aromatic heterocycles. The Morgan fingerprint density at radius 2 is 1.82 bits per heavy atom. The largest absolute Gasteiger partial charge is 0.494 e. The summed E-state index contributed by atoms with van der Waals surface area (Å²) < 4.78 is 12.6. The minimum absolute atomic E-state index is 0.275. The van der Waals surface area contributed by atoms with Gasteiger partial charge in [0.05, 0.1) is 23.4 Å². The number of rotatable bonds is 9. The number of nitrogens with zero attached hydrogens (tertiary/aromatic N) is 3. The van der Waals surface area contributed by atoms with Crippen molar-refractivity contribution in [3.63, 3.8) is 0 Å². The van der Waals surface area contributed by atoms with Crippen molar-refractivity contribution in [2.75, 3.05) is 24.6 Å². The van der Waals surface area contributed by atoms with Crippen LogP contribution in [0.15, 0.2) is 92.2 Å². The Bertz CT molecular complexity index is 1710. The Hall–Kier alpha value is -3.95. The molecule has 0 spiro atoms. The van der Waals surface area contributed by atoms with E-state index < -0.39 is 0 Å². The van der Waals surface area contributed by atoms with Gasteiger partial charge in [-0.2, -0.15) is 0 Å². The molecule has 1 N–H and O–H groups in total. The average molecular weight is 618 g/mol. The molecule has 40 heavy (non-hydrogen) atoms. The number of halogens is 1. The van der Waals surface area contributed by atoms with Gasteiger partial charge in [-0.15, -0.1) is 16.4 Å². The van der Waals surface area contributed by atoms with Crippen LogP contribution in [0.1, 0.15) is 31.1 Å². The molecule has 0 aliphatic carbocycles. The third kappa shape index (κ3) is 5.95. The van der Waals surface area contributed by atoms with E-state index in [0.717, 1.165) is 46.2 Å². The molecule has 204 valence electrons. The van der Waals surface area contributed by atoms with Gasteiger partial charge in [-0.3, -0.25) is 4.79 Å². The summed E-state index contributed by atoms with van der Waals surface area (Å²) in [7, 11) is 0. The van der Waals surface area contributed by atoms with Gasteiger partial charge < -0.3 is 14.1 Å². The Morgan fingerprint density at radius 3 is 2.55 bits per heavy atom. The first kappa shape index (κ1) is 27.6. The number of hydrogen-bond acceptors (Lipinski definition) is 7. The van der Waals surface area contributed by atoms with Crippen molar-refractivity contribution in [2.24, 2.45) is 5.10 Å². The predicted octanol–water partition coefficient (Wildman–Crippen LogP) is 7.48. The lowest BCUT2D eigenvalue weighted by molar-refractivity contribution is 0.0950. The van der Waals surface area contributed by atoms with Gasteiger partial charge in [-0.05, 0) is 91.3 Å². The minimum Gasteiger partial charge on any atom is -0.494 e. The maximum atomic E-state index is 12.9. The first-order valence-corrected chi connectivity index (χ1v) is 14.8. The lowest BCUT2D eigenvalue weighted by Crippen LogP contribution is -2.23. The number of aromatic nitrogens is 1. The molecular formula is C31H29BrN4O3S. The summed E-state index contributed by atoms with van der Waals surface area (Å²) in [5.41, 5.74) is 7.65. The number of ether oxygens (including phenoxy) is 1. The summed E-state index contributed by atoms with van der Waals surface area (Å²) in [5.74, 6) is 0.473. The maximum absolute atomic E-state index is 12.9. The first-order valence-electron chi connectivity index (χ1n) is 13.1. The zero-order valence-electron chi connectivity index (χ0n) is 22.5. The van der Waals surface area contributed by atoms with Crippen LogP contribution in [0.25, 0.3) is 32.8 Å².